The van der Waals surface area contributed by atoms with E-state index in [-0.39, 0.29) is 12.4 Å². The van der Waals surface area contributed by atoms with Crippen molar-refractivity contribution in [2.75, 3.05) is 7.11 Å². The highest BCUT2D eigenvalue weighted by molar-refractivity contribution is 7.17. The Morgan fingerprint density at radius 3 is 2.44 bits per heavy atom. The van der Waals surface area contributed by atoms with Crippen LogP contribution < -0.4 is 4.74 Å². The van der Waals surface area contributed by atoms with E-state index < -0.39 is 5.97 Å². The van der Waals surface area contributed by atoms with Gasteiger partial charge in [-0.05, 0) is 48.9 Å². The number of carbonyl (C=O) groups excluding carboxylic acids is 1. The molecule has 3 rings (SSSR count). The van der Waals surface area contributed by atoms with Crippen LogP contribution in [-0.2, 0) is 11.3 Å². The Bertz CT molecular complexity index is 873. The van der Waals surface area contributed by atoms with Crippen LogP contribution in [-0.4, -0.2) is 18.1 Å². The Morgan fingerprint density at radius 1 is 1.12 bits per heavy atom. The minimum atomic E-state index is -0.417. The fourth-order valence-electron chi connectivity index (χ4n) is 2.24. The average molecular weight is 357 g/mol. The van der Waals surface area contributed by atoms with E-state index in [0.29, 0.717) is 15.6 Å². The van der Waals surface area contributed by atoms with Gasteiger partial charge in [0.05, 0.1) is 12.8 Å². The van der Waals surface area contributed by atoms with Crippen molar-refractivity contribution in [1.82, 2.24) is 4.98 Å². The molecule has 0 aliphatic rings. The van der Waals surface area contributed by atoms with Crippen LogP contribution in [0.5, 0.6) is 5.75 Å². The lowest BCUT2D eigenvalue weighted by molar-refractivity contribution is 0.0477. The molecule has 0 aliphatic carbocycles. The predicted octanol–water partition coefficient (Wildman–Crippen LogP) is 4.62. The van der Waals surface area contributed by atoms with Crippen LogP contribution in [0.4, 0.5) is 4.39 Å². The summed E-state index contributed by atoms with van der Waals surface area (Å²) >= 11 is 1.24. The first kappa shape index (κ1) is 17.1. The highest BCUT2D eigenvalue weighted by atomic mass is 32.1. The van der Waals surface area contributed by atoms with Gasteiger partial charge >= 0.3 is 5.97 Å². The molecular weight excluding hydrogens is 341 g/mol. The first-order chi connectivity index (χ1) is 12.1. The van der Waals surface area contributed by atoms with Crippen LogP contribution in [0.15, 0.2) is 48.5 Å². The molecule has 3 aromatic rings. The highest BCUT2D eigenvalue weighted by Crippen LogP contribution is 2.28. The number of methoxy groups -OCH3 is 1. The van der Waals surface area contributed by atoms with Crippen LogP contribution in [0.2, 0.25) is 0 Å². The summed E-state index contributed by atoms with van der Waals surface area (Å²) in [5.41, 5.74) is 2.24. The smallest absolute Gasteiger partial charge is 0.350 e. The zero-order valence-electron chi connectivity index (χ0n) is 13.8. The number of aromatic nitrogens is 1. The molecule has 0 amide bonds. The summed E-state index contributed by atoms with van der Waals surface area (Å²) in [4.78, 5) is 17.2. The van der Waals surface area contributed by atoms with Gasteiger partial charge in [0, 0.05) is 5.56 Å². The molecule has 0 bridgehead atoms. The summed E-state index contributed by atoms with van der Waals surface area (Å²) in [6.45, 7) is 1.93. The van der Waals surface area contributed by atoms with Crippen LogP contribution >= 0.6 is 11.3 Å². The van der Waals surface area contributed by atoms with Crippen molar-refractivity contribution in [2.45, 2.75) is 13.5 Å². The number of hydrogen-bond acceptors (Lipinski definition) is 5. The Hall–Kier alpha value is -2.73. The summed E-state index contributed by atoms with van der Waals surface area (Å²) in [6, 6.07) is 13.3. The monoisotopic (exact) mass is 357 g/mol. The van der Waals surface area contributed by atoms with E-state index in [4.69, 9.17) is 9.47 Å². The fourth-order valence-corrected chi connectivity index (χ4v) is 3.20. The van der Waals surface area contributed by atoms with Gasteiger partial charge in [-0.1, -0.05) is 12.1 Å². The molecular formula is C19H16FNO3S. The lowest BCUT2D eigenvalue weighted by atomic mass is 10.2. The van der Waals surface area contributed by atoms with E-state index in [0.717, 1.165) is 16.9 Å². The Balaban J connectivity index is 1.70. The number of thiazole rings is 1. The third-order valence-electron chi connectivity index (χ3n) is 3.60. The maximum Gasteiger partial charge on any atom is 0.350 e. The topological polar surface area (TPSA) is 48.4 Å². The number of nitrogens with zero attached hydrogens (tertiary/aromatic N) is 1. The van der Waals surface area contributed by atoms with Gasteiger partial charge in [0.1, 0.15) is 28.1 Å². The first-order valence-corrected chi connectivity index (χ1v) is 8.42. The minimum Gasteiger partial charge on any atom is -0.497 e. The molecule has 2 aromatic carbocycles. The number of benzene rings is 2. The second kappa shape index (κ2) is 7.44. The zero-order chi connectivity index (χ0) is 17.8. The van der Waals surface area contributed by atoms with E-state index in [1.165, 1.54) is 23.5 Å². The second-order valence-corrected chi connectivity index (χ2v) is 6.36. The average Bonchev–Trinajstić information content (AvgIpc) is 3.02. The standard InChI is InChI=1S/C19H16FNO3S/c1-12-17(25-18(21-12)14-5-7-15(20)8-6-14)19(22)24-11-13-3-9-16(23-2)10-4-13/h3-10H,11H2,1-2H3. The van der Waals surface area contributed by atoms with E-state index in [9.17, 15) is 9.18 Å². The molecule has 1 aromatic heterocycles. The lowest BCUT2D eigenvalue weighted by Crippen LogP contribution is -2.04. The first-order valence-electron chi connectivity index (χ1n) is 7.60. The van der Waals surface area contributed by atoms with Gasteiger partial charge in [-0.25, -0.2) is 14.2 Å². The third-order valence-corrected chi connectivity index (χ3v) is 4.79. The molecule has 0 saturated carbocycles. The number of rotatable bonds is 5. The molecule has 0 aliphatic heterocycles. The van der Waals surface area contributed by atoms with Gasteiger partial charge in [-0.3, -0.25) is 0 Å². The van der Waals surface area contributed by atoms with Crippen molar-refractivity contribution in [3.05, 3.63) is 70.5 Å². The van der Waals surface area contributed by atoms with Crippen molar-refractivity contribution in [3.8, 4) is 16.3 Å². The van der Waals surface area contributed by atoms with Gasteiger partial charge in [-0.2, -0.15) is 0 Å². The number of carbonyl (C=O) groups is 1. The number of halogens is 1. The van der Waals surface area contributed by atoms with Gasteiger partial charge in [-0.15, -0.1) is 11.3 Å². The van der Waals surface area contributed by atoms with E-state index in [1.54, 1.807) is 26.2 Å². The van der Waals surface area contributed by atoms with Crippen LogP contribution in [0.1, 0.15) is 20.9 Å². The van der Waals surface area contributed by atoms with Gasteiger partial charge in [0.2, 0.25) is 0 Å². The third kappa shape index (κ3) is 4.03. The Morgan fingerprint density at radius 2 is 1.80 bits per heavy atom. The normalized spacial score (nSPS) is 10.5. The maximum absolute atomic E-state index is 13.0. The summed E-state index contributed by atoms with van der Waals surface area (Å²) in [7, 11) is 1.60. The molecule has 0 atom stereocenters. The molecule has 128 valence electrons. The number of ether oxygens (including phenoxy) is 2. The van der Waals surface area contributed by atoms with Crippen molar-refractivity contribution >= 4 is 17.3 Å². The zero-order valence-corrected chi connectivity index (χ0v) is 14.6. The molecule has 25 heavy (non-hydrogen) atoms. The van der Waals surface area contributed by atoms with Crippen molar-refractivity contribution in [2.24, 2.45) is 0 Å². The second-order valence-electron chi connectivity index (χ2n) is 5.36. The van der Waals surface area contributed by atoms with E-state index in [1.807, 2.05) is 24.3 Å². The van der Waals surface area contributed by atoms with Crippen molar-refractivity contribution in [3.63, 3.8) is 0 Å². The molecule has 0 spiro atoms. The molecule has 0 fully saturated rings. The summed E-state index contributed by atoms with van der Waals surface area (Å²) in [6.07, 6.45) is 0. The molecule has 0 unspecified atom stereocenters. The molecule has 1 heterocycles. The van der Waals surface area contributed by atoms with E-state index >= 15 is 0 Å². The summed E-state index contributed by atoms with van der Waals surface area (Å²) < 4.78 is 23.5. The van der Waals surface area contributed by atoms with Crippen LogP contribution in [0.25, 0.3) is 10.6 Å². The summed E-state index contributed by atoms with van der Waals surface area (Å²) in [5.74, 6) is 0.0210. The SMILES string of the molecule is COc1ccc(COC(=O)c2sc(-c3ccc(F)cc3)nc2C)cc1. The molecule has 4 nitrogen and oxygen atoms in total. The molecule has 0 N–H and O–H groups in total. The Kier molecular flexibility index (Phi) is 5.09. The highest BCUT2D eigenvalue weighted by Gasteiger charge is 2.17. The fraction of sp³-hybridized carbons (Fsp3) is 0.158. The largest absolute Gasteiger partial charge is 0.497 e. The number of hydrogen-bond donors (Lipinski definition) is 0. The summed E-state index contributed by atoms with van der Waals surface area (Å²) in [5, 5.41) is 0.661. The molecule has 0 radical (unpaired) electrons. The van der Waals surface area contributed by atoms with Crippen LogP contribution in [0, 0.1) is 12.7 Å². The Labute approximate surface area is 148 Å². The minimum absolute atomic E-state index is 0.173. The van der Waals surface area contributed by atoms with E-state index in [2.05, 4.69) is 4.98 Å². The van der Waals surface area contributed by atoms with Crippen molar-refractivity contribution in [1.29, 1.82) is 0 Å². The molecule has 0 saturated heterocycles. The number of esters is 1. The quantitative estimate of drug-likeness (QED) is 0.625. The van der Waals surface area contributed by atoms with Gasteiger partial charge < -0.3 is 9.47 Å². The maximum atomic E-state index is 13.0. The lowest BCUT2D eigenvalue weighted by Gasteiger charge is -2.05. The predicted molar refractivity (Wildman–Crippen MR) is 94.4 cm³/mol. The van der Waals surface area contributed by atoms with Crippen molar-refractivity contribution < 1.29 is 18.7 Å². The van der Waals surface area contributed by atoms with Crippen LogP contribution in [0.3, 0.4) is 0 Å². The van der Waals surface area contributed by atoms with Gasteiger partial charge in [0.25, 0.3) is 0 Å². The molecule has 6 heteroatoms. The van der Waals surface area contributed by atoms with Gasteiger partial charge in [0.15, 0.2) is 0 Å². The number of aryl methyl sites for hydroxylation is 1.